The zero-order valence-corrected chi connectivity index (χ0v) is 13.2. The fourth-order valence-corrected chi connectivity index (χ4v) is 3.16. The second-order valence-electron chi connectivity index (χ2n) is 5.29. The quantitative estimate of drug-likeness (QED) is 0.820. The number of benzene rings is 1. The van der Waals surface area contributed by atoms with Crippen molar-refractivity contribution in [3.05, 3.63) is 29.3 Å². The Morgan fingerprint density at radius 1 is 1.00 bits per heavy atom. The summed E-state index contributed by atoms with van der Waals surface area (Å²) in [5.41, 5.74) is -1.27. The number of alkyl halides is 6. The number of sulfonamides is 1. The molecule has 1 N–H and O–H groups in total. The van der Waals surface area contributed by atoms with Crippen LogP contribution in [-0.2, 0) is 16.2 Å². The summed E-state index contributed by atoms with van der Waals surface area (Å²) in [4.78, 5) is -1.23. The molecular formula is C13H15F6NO2S. The Kier molecular flexibility index (Phi) is 5.42. The van der Waals surface area contributed by atoms with Crippen molar-refractivity contribution in [1.29, 1.82) is 0 Å². The van der Waals surface area contributed by atoms with Gasteiger partial charge in [-0.05, 0) is 30.5 Å². The molecular weight excluding hydrogens is 348 g/mol. The lowest BCUT2D eigenvalue weighted by Crippen LogP contribution is -2.43. The Morgan fingerprint density at radius 2 is 1.52 bits per heavy atom. The molecule has 1 atom stereocenters. The second-order valence-corrected chi connectivity index (χ2v) is 6.98. The van der Waals surface area contributed by atoms with E-state index >= 15 is 0 Å². The Hall–Kier alpha value is -1.29. The first-order chi connectivity index (χ1) is 10.2. The summed E-state index contributed by atoms with van der Waals surface area (Å²) in [6.45, 7) is 3.72. The predicted octanol–water partition coefficient (Wildman–Crippen LogP) is 4.06. The SMILES string of the molecule is CC(C)c1ccc(S(=O)(=O)N[C@H](C)C(F)(F)F)c(C(F)(F)F)c1. The highest BCUT2D eigenvalue weighted by molar-refractivity contribution is 7.89. The van der Waals surface area contributed by atoms with Crippen LogP contribution in [0.15, 0.2) is 23.1 Å². The van der Waals surface area contributed by atoms with Crippen molar-refractivity contribution >= 4 is 10.0 Å². The minimum atomic E-state index is -5.02. The van der Waals surface area contributed by atoms with E-state index in [1.165, 1.54) is 4.72 Å². The van der Waals surface area contributed by atoms with Crippen molar-refractivity contribution < 1.29 is 34.8 Å². The van der Waals surface area contributed by atoms with Gasteiger partial charge in [0.15, 0.2) is 0 Å². The lowest BCUT2D eigenvalue weighted by atomic mass is 10.0. The summed E-state index contributed by atoms with van der Waals surface area (Å²) in [7, 11) is -4.99. The lowest BCUT2D eigenvalue weighted by molar-refractivity contribution is -0.147. The van der Waals surface area contributed by atoms with Gasteiger partial charge >= 0.3 is 12.4 Å². The third kappa shape index (κ3) is 4.84. The Morgan fingerprint density at radius 3 is 1.91 bits per heavy atom. The summed E-state index contributed by atoms with van der Waals surface area (Å²) < 4.78 is 102. The molecule has 0 unspecified atom stereocenters. The van der Waals surface area contributed by atoms with Crippen molar-refractivity contribution in [3.8, 4) is 0 Å². The average molecular weight is 363 g/mol. The van der Waals surface area contributed by atoms with Crippen LogP contribution in [0, 0.1) is 0 Å². The van der Waals surface area contributed by atoms with E-state index in [0.29, 0.717) is 19.1 Å². The van der Waals surface area contributed by atoms with Crippen LogP contribution in [0.4, 0.5) is 26.3 Å². The lowest BCUT2D eigenvalue weighted by Gasteiger charge is -2.20. The highest BCUT2D eigenvalue weighted by atomic mass is 32.2. The Bertz CT molecular complexity index is 664. The van der Waals surface area contributed by atoms with Crippen molar-refractivity contribution in [2.75, 3.05) is 0 Å². The van der Waals surface area contributed by atoms with E-state index in [9.17, 15) is 34.8 Å². The Balaban J connectivity index is 3.41. The largest absolute Gasteiger partial charge is 0.417 e. The third-order valence-electron chi connectivity index (χ3n) is 3.09. The number of hydrogen-bond donors (Lipinski definition) is 1. The zero-order chi connectivity index (χ0) is 18.2. The van der Waals surface area contributed by atoms with Crippen LogP contribution in [0.3, 0.4) is 0 Å². The average Bonchev–Trinajstić information content (AvgIpc) is 2.35. The molecule has 10 heteroatoms. The molecule has 1 aromatic rings. The molecule has 3 nitrogen and oxygen atoms in total. The molecule has 0 fully saturated rings. The van der Waals surface area contributed by atoms with Crippen molar-refractivity contribution in [3.63, 3.8) is 0 Å². The van der Waals surface area contributed by atoms with Gasteiger partial charge in [-0.1, -0.05) is 19.9 Å². The molecule has 0 radical (unpaired) electrons. The minimum Gasteiger partial charge on any atom is -0.207 e. The van der Waals surface area contributed by atoms with Crippen LogP contribution in [0.25, 0.3) is 0 Å². The van der Waals surface area contributed by atoms with Crippen LogP contribution < -0.4 is 4.72 Å². The highest BCUT2D eigenvalue weighted by Gasteiger charge is 2.42. The fourth-order valence-electron chi connectivity index (χ4n) is 1.73. The van der Waals surface area contributed by atoms with Crippen molar-refractivity contribution in [2.24, 2.45) is 0 Å². The first-order valence-corrected chi connectivity index (χ1v) is 7.94. The standard InChI is InChI=1S/C13H15F6NO2S/c1-7(2)9-4-5-11(10(6-9)13(17,18)19)23(21,22)20-8(3)12(14,15)16/h4-8,20H,1-3H3/t8-/m1/s1. The number of nitrogens with one attached hydrogen (secondary N) is 1. The number of hydrogen-bond acceptors (Lipinski definition) is 2. The van der Waals surface area contributed by atoms with E-state index in [-0.39, 0.29) is 11.5 Å². The monoisotopic (exact) mass is 363 g/mol. The van der Waals surface area contributed by atoms with E-state index in [1.807, 2.05) is 0 Å². The van der Waals surface area contributed by atoms with Crippen LogP contribution in [-0.4, -0.2) is 20.6 Å². The van der Waals surface area contributed by atoms with E-state index in [2.05, 4.69) is 0 Å². The molecule has 0 aliphatic heterocycles. The molecule has 0 saturated carbocycles. The second kappa shape index (κ2) is 6.31. The van der Waals surface area contributed by atoms with E-state index < -0.39 is 38.9 Å². The van der Waals surface area contributed by atoms with Gasteiger partial charge in [0.05, 0.1) is 10.5 Å². The van der Waals surface area contributed by atoms with Crippen molar-refractivity contribution in [1.82, 2.24) is 4.72 Å². The maximum atomic E-state index is 13.1. The summed E-state index contributed by atoms with van der Waals surface area (Å²) in [6, 6.07) is -0.0632. The molecule has 0 saturated heterocycles. The van der Waals surface area contributed by atoms with E-state index in [1.54, 1.807) is 13.8 Å². The molecule has 0 aliphatic carbocycles. The van der Waals surface area contributed by atoms with Crippen LogP contribution in [0.2, 0.25) is 0 Å². The Labute approximate surface area is 129 Å². The topological polar surface area (TPSA) is 46.2 Å². The molecule has 0 aromatic heterocycles. The zero-order valence-electron chi connectivity index (χ0n) is 12.4. The molecule has 1 rings (SSSR count). The number of rotatable bonds is 4. The van der Waals surface area contributed by atoms with Gasteiger partial charge in [0, 0.05) is 0 Å². The molecule has 23 heavy (non-hydrogen) atoms. The van der Waals surface area contributed by atoms with Gasteiger partial charge in [-0.15, -0.1) is 0 Å². The number of halogens is 6. The molecule has 0 bridgehead atoms. The summed E-state index contributed by atoms with van der Waals surface area (Å²) in [5.74, 6) is -0.310. The fraction of sp³-hybridized carbons (Fsp3) is 0.538. The van der Waals surface area contributed by atoms with Gasteiger partial charge in [-0.2, -0.15) is 31.1 Å². The van der Waals surface area contributed by atoms with Gasteiger partial charge in [0.2, 0.25) is 10.0 Å². The smallest absolute Gasteiger partial charge is 0.207 e. The molecule has 0 aliphatic rings. The first-order valence-electron chi connectivity index (χ1n) is 6.46. The third-order valence-corrected chi connectivity index (χ3v) is 4.69. The van der Waals surface area contributed by atoms with Gasteiger partial charge < -0.3 is 0 Å². The maximum Gasteiger partial charge on any atom is 0.417 e. The van der Waals surface area contributed by atoms with Crippen LogP contribution >= 0.6 is 0 Å². The molecule has 132 valence electrons. The highest BCUT2D eigenvalue weighted by Crippen LogP contribution is 2.36. The predicted molar refractivity (Wildman–Crippen MR) is 71.4 cm³/mol. The van der Waals surface area contributed by atoms with Gasteiger partial charge in [0.1, 0.15) is 6.04 Å². The molecule has 0 amide bonds. The maximum absolute atomic E-state index is 13.1. The van der Waals surface area contributed by atoms with Gasteiger partial charge in [-0.25, -0.2) is 8.42 Å². The summed E-state index contributed by atoms with van der Waals surface area (Å²) in [5, 5.41) is 0. The van der Waals surface area contributed by atoms with Gasteiger partial charge in [0.25, 0.3) is 0 Å². The molecule has 1 aromatic carbocycles. The van der Waals surface area contributed by atoms with Crippen LogP contribution in [0.5, 0.6) is 0 Å². The summed E-state index contributed by atoms with van der Waals surface area (Å²) >= 11 is 0. The normalized spacial score (nSPS) is 15.0. The van der Waals surface area contributed by atoms with Gasteiger partial charge in [-0.3, -0.25) is 0 Å². The van der Waals surface area contributed by atoms with Crippen LogP contribution in [0.1, 0.15) is 37.8 Å². The molecule has 0 heterocycles. The van der Waals surface area contributed by atoms with E-state index in [4.69, 9.17) is 0 Å². The minimum absolute atomic E-state index is 0.222. The molecule has 0 spiro atoms. The summed E-state index contributed by atoms with van der Waals surface area (Å²) in [6.07, 6.45) is -9.93. The van der Waals surface area contributed by atoms with E-state index in [0.717, 1.165) is 6.07 Å². The first kappa shape index (κ1) is 19.8. The van der Waals surface area contributed by atoms with Crippen molar-refractivity contribution in [2.45, 2.75) is 50.0 Å².